The topological polar surface area (TPSA) is 191 Å². The molecule has 0 saturated heterocycles. The average molecular weight is 1090 g/mol. The predicted octanol–water partition coefficient (Wildman–Crippen LogP) is 12.4. The summed E-state index contributed by atoms with van der Waals surface area (Å²) in [5.74, 6) is 1.14. The van der Waals surface area contributed by atoms with Gasteiger partial charge in [-0.2, -0.15) is 27.6 Å². The van der Waals surface area contributed by atoms with Crippen molar-refractivity contribution in [1.29, 1.82) is 0 Å². The molecule has 2 saturated carbocycles. The smallest absolute Gasteiger partial charge is 0.410 e. The van der Waals surface area contributed by atoms with E-state index < -0.39 is 27.4 Å². The van der Waals surface area contributed by atoms with Crippen LogP contribution in [-0.2, 0) is 68.9 Å². The van der Waals surface area contributed by atoms with Gasteiger partial charge >= 0.3 is 24.5 Å². The minimum Gasteiger partial charge on any atom is -0.444 e. The number of nitrogens with zero attached hydrogens (tertiary/aromatic N) is 2. The van der Waals surface area contributed by atoms with E-state index in [2.05, 4.69) is 86.6 Å². The number of aliphatic hydroxyl groups excluding tert-OH is 1. The van der Waals surface area contributed by atoms with Gasteiger partial charge in [-0.05, 0) is 173 Å². The first-order chi connectivity index (χ1) is 37.0. The molecule has 0 unspecified atom stereocenters. The highest BCUT2D eigenvalue weighted by Crippen LogP contribution is 2.49. The Morgan fingerprint density at radius 1 is 0.577 bits per heavy atom. The zero-order valence-electron chi connectivity index (χ0n) is 47.2. The number of rotatable bonds is 14. The standard InChI is InChI=1S/C31H41NO5S.C30H39NO3.2CO2/c1-22-15-16-27-25(19-22)20-28(29(27)23-11-7-6-8-12-23)26-14-10-9-13-24(26)21-32(17-18-36-38(5,34)35)30(33)37-31(2,3)4;1-21-14-15-26-24(18-21)19-27(28(26)22-10-6-5-7-11-22)25-13-9-8-12-23(25)20-31(16-17-32)29(33)34-30(2,3)4;2*2-1-3/h9-10,13-16,19,23H,6-8,11-12,17-18,20-21H2,1-5H3;8-9,12-15,18,22,32H,5-7,10-11,16-17,19-20H2,1-4H3;;. The molecule has 8 rings (SSSR count). The molecule has 4 aliphatic carbocycles. The minimum absolute atomic E-state index is 0.0951. The summed E-state index contributed by atoms with van der Waals surface area (Å²) < 4.78 is 39.4. The van der Waals surface area contributed by atoms with E-state index in [1.165, 1.54) is 125 Å². The molecule has 4 aliphatic rings. The zero-order valence-corrected chi connectivity index (χ0v) is 48.0. The molecule has 15 heteroatoms. The van der Waals surface area contributed by atoms with Crippen molar-refractivity contribution in [2.24, 2.45) is 11.8 Å². The molecule has 0 spiro atoms. The highest BCUT2D eigenvalue weighted by atomic mass is 32.2. The van der Waals surface area contributed by atoms with E-state index in [1.54, 1.807) is 9.80 Å². The first-order valence-corrected chi connectivity index (χ1v) is 29.0. The summed E-state index contributed by atoms with van der Waals surface area (Å²) in [7, 11) is -3.61. The third kappa shape index (κ3) is 18.3. The molecule has 4 aromatic carbocycles. The number of fused-ring (bicyclic) bond motifs is 2. The van der Waals surface area contributed by atoms with Crippen molar-refractivity contribution in [3.05, 3.63) is 141 Å². The number of hydrogen-bond donors (Lipinski definition) is 1. The Kier molecular flexibility index (Phi) is 23.1. The third-order valence-electron chi connectivity index (χ3n) is 14.3. The molecule has 0 heterocycles. The lowest BCUT2D eigenvalue weighted by Gasteiger charge is -2.29. The molecule has 14 nitrogen and oxygen atoms in total. The first kappa shape index (κ1) is 62.4. The van der Waals surface area contributed by atoms with Gasteiger partial charge in [-0.1, -0.05) is 135 Å². The van der Waals surface area contributed by atoms with Crippen molar-refractivity contribution >= 4 is 56.9 Å². The van der Waals surface area contributed by atoms with Gasteiger partial charge in [0.25, 0.3) is 10.1 Å². The Morgan fingerprint density at radius 3 is 1.31 bits per heavy atom. The molecule has 420 valence electrons. The monoisotopic (exact) mass is 1090 g/mol. The number of amides is 2. The molecule has 78 heavy (non-hydrogen) atoms. The number of aryl methyl sites for hydroxylation is 2. The summed E-state index contributed by atoms with van der Waals surface area (Å²) in [4.78, 5) is 61.7. The second-order valence-corrected chi connectivity index (χ2v) is 24.3. The Hall–Kier alpha value is -6.47. The maximum Gasteiger partial charge on any atom is 0.410 e. The zero-order chi connectivity index (χ0) is 57.2. The molecule has 2 amide bonds. The number of benzene rings is 4. The van der Waals surface area contributed by atoms with Gasteiger partial charge < -0.3 is 24.4 Å². The third-order valence-corrected chi connectivity index (χ3v) is 14.8. The van der Waals surface area contributed by atoms with Gasteiger partial charge in [0.15, 0.2) is 0 Å². The molecule has 0 atom stereocenters. The van der Waals surface area contributed by atoms with Crippen LogP contribution in [0.2, 0.25) is 0 Å². The van der Waals surface area contributed by atoms with E-state index in [9.17, 15) is 23.1 Å². The van der Waals surface area contributed by atoms with E-state index >= 15 is 0 Å². The van der Waals surface area contributed by atoms with Crippen molar-refractivity contribution in [1.82, 2.24) is 9.80 Å². The lowest BCUT2D eigenvalue weighted by molar-refractivity contribution is -0.193. The Bertz CT molecular complexity index is 2930. The van der Waals surface area contributed by atoms with Crippen LogP contribution in [0.15, 0.2) is 84.9 Å². The highest BCUT2D eigenvalue weighted by molar-refractivity contribution is 7.85. The van der Waals surface area contributed by atoms with Crippen LogP contribution in [0.3, 0.4) is 0 Å². The van der Waals surface area contributed by atoms with Gasteiger partial charge in [-0.3, -0.25) is 4.18 Å². The van der Waals surface area contributed by atoms with E-state index in [4.69, 9.17) is 32.8 Å². The molecule has 2 fully saturated rings. The van der Waals surface area contributed by atoms with E-state index in [-0.39, 0.29) is 44.7 Å². The Balaban J connectivity index is 0.000000262. The molecular weight excluding hydrogens is 1010 g/mol. The number of ether oxygens (including phenoxy) is 2. The summed E-state index contributed by atoms with van der Waals surface area (Å²) in [6.45, 7) is 16.2. The van der Waals surface area contributed by atoms with Crippen molar-refractivity contribution in [3.8, 4) is 0 Å². The van der Waals surface area contributed by atoms with Gasteiger partial charge in [0, 0.05) is 26.2 Å². The fourth-order valence-electron chi connectivity index (χ4n) is 11.2. The predicted molar refractivity (Wildman–Crippen MR) is 301 cm³/mol. The normalized spacial score (nSPS) is 15.4. The summed E-state index contributed by atoms with van der Waals surface area (Å²) in [6.07, 6.45) is 15.1. The fourth-order valence-corrected chi connectivity index (χ4v) is 11.6. The SMILES string of the molecule is Cc1ccc2c(c1)CC(c1ccccc1CN(CCO)C(=O)OC(C)(C)C)=C2C1CCCCC1.Cc1ccc2c(c1)CC(c1ccccc1CN(CCOS(C)(=O)=O)C(=O)OC(C)(C)C)=C2C1CCCCC1.O=C=O.O=C=O. The number of hydrogen-bond acceptors (Lipinski definition) is 12. The number of aliphatic hydroxyl groups is 1. The Labute approximate surface area is 462 Å². The summed E-state index contributed by atoms with van der Waals surface area (Å²) in [5.41, 5.74) is 17.2. The van der Waals surface area contributed by atoms with Crippen LogP contribution in [0, 0.1) is 25.7 Å². The van der Waals surface area contributed by atoms with Crippen LogP contribution in [0.4, 0.5) is 9.59 Å². The average Bonchev–Trinajstić information content (AvgIpc) is 4.01. The minimum atomic E-state index is -3.61. The van der Waals surface area contributed by atoms with Crippen LogP contribution in [-0.4, -0.2) is 91.6 Å². The maximum atomic E-state index is 13.2. The largest absolute Gasteiger partial charge is 0.444 e. The van der Waals surface area contributed by atoms with Gasteiger partial charge in [-0.15, -0.1) is 0 Å². The maximum absolute atomic E-state index is 13.2. The molecular formula is C63H80N2O12S. The molecule has 1 N–H and O–H groups in total. The number of carbonyl (C=O) groups is 2. The molecule has 4 aromatic rings. The van der Waals surface area contributed by atoms with Crippen LogP contribution >= 0.6 is 0 Å². The van der Waals surface area contributed by atoms with Crippen molar-refractivity contribution in [2.45, 2.75) is 157 Å². The van der Waals surface area contributed by atoms with Gasteiger partial charge in [-0.25, -0.2) is 9.59 Å². The number of allylic oxidation sites excluding steroid dienone is 4. The molecule has 0 aromatic heterocycles. The second-order valence-electron chi connectivity index (χ2n) is 22.7. The van der Waals surface area contributed by atoms with Crippen LogP contribution in [0.5, 0.6) is 0 Å². The summed E-state index contributed by atoms with van der Waals surface area (Å²) >= 11 is 0. The molecule has 0 bridgehead atoms. The quantitative estimate of drug-likeness (QED) is 0.118. The van der Waals surface area contributed by atoms with Crippen molar-refractivity contribution in [3.63, 3.8) is 0 Å². The van der Waals surface area contributed by atoms with Gasteiger partial charge in [0.05, 0.1) is 19.5 Å². The Morgan fingerprint density at radius 2 is 0.949 bits per heavy atom. The molecule has 0 radical (unpaired) electrons. The highest BCUT2D eigenvalue weighted by Gasteiger charge is 2.33. The molecule has 0 aliphatic heterocycles. The van der Waals surface area contributed by atoms with Crippen molar-refractivity contribution < 1.29 is 55.9 Å². The first-order valence-electron chi connectivity index (χ1n) is 27.2. The van der Waals surface area contributed by atoms with Gasteiger partial charge in [0.1, 0.15) is 11.2 Å². The van der Waals surface area contributed by atoms with E-state index in [0.29, 0.717) is 24.9 Å². The van der Waals surface area contributed by atoms with E-state index in [0.717, 1.165) is 35.8 Å². The van der Waals surface area contributed by atoms with Gasteiger partial charge in [0.2, 0.25) is 0 Å². The van der Waals surface area contributed by atoms with Crippen molar-refractivity contribution in [2.75, 3.05) is 32.6 Å². The number of carbonyl (C=O) groups excluding carboxylic acids is 6. The second kappa shape index (κ2) is 28.9. The van der Waals surface area contributed by atoms with Crippen LogP contribution in [0.1, 0.15) is 161 Å². The lowest BCUT2D eigenvalue weighted by Crippen LogP contribution is -2.38. The van der Waals surface area contributed by atoms with Crippen LogP contribution in [0.25, 0.3) is 22.3 Å². The van der Waals surface area contributed by atoms with Crippen LogP contribution < -0.4 is 0 Å². The summed E-state index contributed by atoms with van der Waals surface area (Å²) in [6, 6.07) is 30.4. The van der Waals surface area contributed by atoms with E-state index in [1.807, 2.05) is 53.7 Å². The fraction of sp³-hybridized carbons (Fsp3) is 0.492. The lowest BCUT2D eigenvalue weighted by atomic mass is 9.79. The summed E-state index contributed by atoms with van der Waals surface area (Å²) in [5, 5.41) is 9.64.